The Morgan fingerprint density at radius 3 is 0.917 bits per heavy atom. The molecule has 0 aliphatic heterocycles. The molecule has 0 saturated heterocycles. The molecule has 0 aliphatic rings. The smallest absolute Gasteiger partial charge is 0.871 e. The van der Waals surface area contributed by atoms with Crippen molar-refractivity contribution in [2.75, 3.05) is 0 Å². The molecule has 6 rings (SSSR count). The molecule has 0 bridgehead atoms. The van der Waals surface area contributed by atoms with Crippen LogP contribution in [-0.4, -0.2) is 81.4 Å². The van der Waals surface area contributed by atoms with Crippen molar-refractivity contribution in [1.29, 1.82) is 0 Å². The average molecular weight is 1190 g/mol. The van der Waals surface area contributed by atoms with Crippen LogP contribution >= 0.6 is 0 Å². The second kappa shape index (κ2) is 29.0. The Morgan fingerprint density at radius 2 is 0.625 bits per heavy atom. The minimum absolute atomic E-state index is 0. The van der Waals surface area contributed by atoms with Gasteiger partial charge in [0.1, 0.15) is 40.5 Å². The molecule has 0 heterocycles. The summed E-state index contributed by atoms with van der Waals surface area (Å²) in [5.41, 5.74) is -2.86. The largest absolute Gasteiger partial charge is 2.00 e. The zero-order valence-electron chi connectivity index (χ0n) is 36.9. The van der Waals surface area contributed by atoms with Gasteiger partial charge in [-0.1, -0.05) is 59.4 Å². The normalized spacial score (nSPS) is 11.9. The molecule has 6 aromatic carbocycles. The first-order valence-corrected chi connectivity index (χ1v) is 23.2. The molecule has 0 amide bonds. The van der Waals surface area contributed by atoms with Crippen LogP contribution in [0.25, 0.3) is 12.2 Å². The SMILES string of the molecule is O=S(=O)([O-])c1ccc([O-])c(N=Nc2ccc(N=Nc3ccc(/C=C/c4ccc(N=Nc5ccc(N=Nc6cc(S(=O)(=O)[O-])ccc6[O-])c([O-])c5)cc4S(=O)(=O)[O-])c(S(=O)(=O)[O-])c3)cc2[O-])c1.[Cu+2].[Cu+2].[Na+].[Na+].[Na+].[Na]. The van der Waals surface area contributed by atoms with Crippen LogP contribution in [-0.2, 0) is 74.6 Å². The van der Waals surface area contributed by atoms with Gasteiger partial charge in [0, 0.05) is 29.6 Å². The third-order valence-electron chi connectivity index (χ3n) is 8.39. The van der Waals surface area contributed by atoms with Gasteiger partial charge in [0.05, 0.1) is 65.1 Å². The minimum Gasteiger partial charge on any atom is -0.871 e. The summed E-state index contributed by atoms with van der Waals surface area (Å²) in [4.78, 5) is -3.17. The van der Waals surface area contributed by atoms with Crippen LogP contribution in [0.1, 0.15) is 11.1 Å². The summed E-state index contributed by atoms with van der Waals surface area (Å²) in [6.45, 7) is 0. The third-order valence-corrected chi connectivity index (χ3v) is 11.8. The van der Waals surface area contributed by atoms with E-state index in [1.807, 2.05) is 0 Å². The molecule has 0 fully saturated rings. The number of nitrogens with zero attached hydrogens (tertiary/aromatic N) is 8. The fraction of sp³-hybridized carbons (Fsp3) is 0. The van der Waals surface area contributed by atoms with E-state index in [2.05, 4.69) is 40.9 Å². The molecule has 359 valence electrons. The van der Waals surface area contributed by atoms with Crippen LogP contribution in [0.2, 0.25) is 0 Å². The van der Waals surface area contributed by atoms with E-state index in [1.165, 1.54) is 24.3 Å². The molecule has 72 heavy (non-hydrogen) atoms. The number of azo groups is 4. The van der Waals surface area contributed by atoms with Gasteiger partial charge >= 0.3 is 123 Å². The summed E-state index contributed by atoms with van der Waals surface area (Å²) in [5, 5.41) is 78.8. The summed E-state index contributed by atoms with van der Waals surface area (Å²) >= 11 is 0. The van der Waals surface area contributed by atoms with Crippen LogP contribution in [0, 0.1) is 0 Å². The first-order chi connectivity index (χ1) is 30.8. The van der Waals surface area contributed by atoms with Crippen LogP contribution in [0.3, 0.4) is 0 Å². The van der Waals surface area contributed by atoms with Crippen molar-refractivity contribution in [3.63, 3.8) is 0 Å². The number of benzene rings is 6. The van der Waals surface area contributed by atoms with E-state index in [1.54, 1.807) is 0 Å². The molecular formula is C38H20Cu2N8Na4O16S4-. The Morgan fingerprint density at radius 1 is 0.333 bits per heavy atom. The van der Waals surface area contributed by atoms with E-state index in [-0.39, 0.29) is 198 Å². The molecule has 34 heteroatoms. The maximum Gasteiger partial charge on any atom is 2.00 e. The molecule has 0 atom stereocenters. The van der Waals surface area contributed by atoms with Crippen LogP contribution in [0.4, 0.5) is 45.5 Å². The van der Waals surface area contributed by atoms with Gasteiger partial charge in [0.15, 0.2) is 0 Å². The maximum absolute atomic E-state index is 12.6. The van der Waals surface area contributed by atoms with Crippen molar-refractivity contribution in [2.24, 2.45) is 40.9 Å². The molecule has 6 aromatic rings. The molecule has 0 saturated carbocycles. The second-order valence-electron chi connectivity index (χ2n) is 13.0. The molecular weight excluding hydrogens is 1170 g/mol. The molecule has 0 spiro atoms. The van der Waals surface area contributed by atoms with Crippen LogP contribution < -0.4 is 109 Å². The number of rotatable bonds is 14. The topological polar surface area (TPSA) is 420 Å². The monoisotopic (exact) mass is 1190 g/mol. The van der Waals surface area contributed by atoms with Gasteiger partial charge in [-0.25, -0.2) is 33.7 Å². The summed E-state index contributed by atoms with van der Waals surface area (Å²) in [6, 6.07) is 17.3. The Kier molecular flexibility index (Phi) is 27.9. The van der Waals surface area contributed by atoms with Crippen molar-refractivity contribution in [3.8, 4) is 23.0 Å². The third kappa shape index (κ3) is 19.2. The van der Waals surface area contributed by atoms with Gasteiger partial charge in [0.2, 0.25) is 0 Å². The van der Waals surface area contributed by atoms with E-state index < -0.39 is 94.4 Å². The van der Waals surface area contributed by atoms with Crippen molar-refractivity contribution < 1.29 is 195 Å². The second-order valence-corrected chi connectivity index (χ2v) is 18.4. The standard InChI is InChI=1S/C38H28N8O16S4.2Cu.4Na/c47-33-13-9-27(63(51,52)53)19-31(33)45-43-29-11-7-23(15-35(29)49)39-41-25-5-3-21(37(17-25)65(57,58)59)1-2-22-4-6-26(18-38(22)66(60,61)62)42-40-24-8-12-30(36(50)16-24)44-46-32-20-28(64(54,55)56)10-14-34(32)48;;;;;;/h1-20,47-50H,(H,51,52,53)(H,54,55,56)(H,57,58,59)(H,60,61,62);;;;;;/q;2*+2;;3*+1/p-8/b2-1+,41-39?,42-40?,45-43?,46-44?;;;;;;. The number of hydrogen-bond donors (Lipinski definition) is 0. The van der Waals surface area contributed by atoms with E-state index in [4.69, 9.17) is 0 Å². The summed E-state index contributed by atoms with van der Waals surface area (Å²) in [6.07, 6.45) is 2.04. The van der Waals surface area contributed by atoms with Crippen molar-refractivity contribution in [2.45, 2.75) is 19.6 Å². The first kappa shape index (κ1) is 69.3. The van der Waals surface area contributed by atoms with Gasteiger partial charge in [-0.2, -0.15) is 40.9 Å². The zero-order valence-corrected chi connectivity index (χ0v) is 50.0. The molecule has 0 unspecified atom stereocenters. The van der Waals surface area contributed by atoms with Gasteiger partial charge < -0.3 is 38.6 Å². The minimum atomic E-state index is -5.24. The van der Waals surface area contributed by atoms with Crippen molar-refractivity contribution in [3.05, 3.63) is 120 Å². The van der Waals surface area contributed by atoms with E-state index in [9.17, 15) is 72.3 Å². The average Bonchev–Trinajstić information content (AvgIpc) is 3.23. The summed E-state index contributed by atoms with van der Waals surface area (Å²) < 4.78 is 141. The van der Waals surface area contributed by atoms with Crippen molar-refractivity contribution in [1.82, 2.24) is 0 Å². The first-order valence-electron chi connectivity index (χ1n) is 17.6. The Hall–Kier alpha value is -2.66. The molecule has 0 aliphatic carbocycles. The van der Waals surface area contributed by atoms with Crippen LogP contribution in [0.15, 0.2) is 170 Å². The van der Waals surface area contributed by atoms with E-state index in [0.29, 0.717) is 12.1 Å². The molecule has 3 radical (unpaired) electrons. The number of hydrogen-bond acceptors (Lipinski definition) is 24. The summed E-state index contributed by atoms with van der Waals surface area (Å²) in [7, 11) is -20.3. The van der Waals surface area contributed by atoms with Gasteiger partial charge in [-0.05, 0) is 96.1 Å². The predicted molar refractivity (Wildman–Crippen MR) is 220 cm³/mol. The van der Waals surface area contributed by atoms with Gasteiger partial charge in [0.25, 0.3) is 0 Å². The summed E-state index contributed by atoms with van der Waals surface area (Å²) in [5.74, 6) is -3.17. The predicted octanol–water partition coefficient (Wildman–Crippen LogP) is -3.94. The van der Waals surface area contributed by atoms with E-state index >= 15 is 0 Å². The fourth-order valence-electron chi connectivity index (χ4n) is 5.26. The molecule has 0 N–H and O–H groups in total. The fourth-order valence-corrected chi connectivity index (χ4v) is 7.62. The molecule has 0 aromatic heterocycles. The zero-order chi connectivity index (χ0) is 48.2. The Bertz CT molecular complexity index is 3350. The molecule has 24 nitrogen and oxygen atoms in total. The van der Waals surface area contributed by atoms with Crippen LogP contribution in [0.5, 0.6) is 23.0 Å². The maximum atomic E-state index is 12.6. The Balaban J connectivity index is 0.00000840. The van der Waals surface area contributed by atoms with E-state index in [0.717, 1.165) is 84.9 Å². The quantitative estimate of drug-likeness (QED) is 0.0435. The van der Waals surface area contributed by atoms with Crippen molar-refractivity contribution >= 4 is 128 Å². The van der Waals surface area contributed by atoms with Gasteiger partial charge in [-0.15, -0.1) is 0 Å². The Labute approximate surface area is 519 Å². The van der Waals surface area contributed by atoms with Gasteiger partial charge in [-0.3, -0.25) is 0 Å².